The first kappa shape index (κ1) is 59.4. The van der Waals surface area contributed by atoms with E-state index in [2.05, 4.69) is 42.0 Å². The zero-order chi connectivity index (χ0) is 57.9. The molecule has 1 heterocycles. The Morgan fingerprint density at radius 3 is 1.43 bits per heavy atom. The number of carbonyl (C=O) groups excluding carboxylic acids is 5. The van der Waals surface area contributed by atoms with Crippen molar-refractivity contribution in [2.45, 2.75) is 115 Å². The van der Waals surface area contributed by atoms with Crippen LogP contribution < -0.4 is 30.7 Å². The predicted octanol–water partition coefficient (Wildman–Crippen LogP) is 11.3. The van der Waals surface area contributed by atoms with E-state index in [0.717, 1.165) is 38.9 Å². The smallest absolute Gasteiger partial charge is 0.408 e. The minimum atomic E-state index is -2.71. The Bertz CT molecular complexity index is 3220. The van der Waals surface area contributed by atoms with Crippen molar-refractivity contribution in [3.8, 4) is 22.6 Å². The maximum absolute atomic E-state index is 15.5. The zero-order valence-electron chi connectivity index (χ0n) is 47.1. The Morgan fingerprint density at radius 1 is 0.537 bits per heavy atom. The van der Waals surface area contributed by atoms with E-state index in [1.807, 2.05) is 201 Å². The molecule has 1 aliphatic rings. The Morgan fingerprint density at radius 2 is 0.963 bits per heavy atom. The van der Waals surface area contributed by atoms with Crippen LogP contribution in [0.4, 0.5) is 9.59 Å². The normalized spacial score (nSPS) is 15.9. The fourth-order valence-corrected chi connectivity index (χ4v) is 10.3. The maximum atomic E-state index is 15.5. The summed E-state index contributed by atoms with van der Waals surface area (Å²) < 4.78 is 37.3. The van der Waals surface area contributed by atoms with Gasteiger partial charge in [-0.15, -0.1) is 0 Å². The molecule has 0 unspecified atom stereocenters. The molecule has 4 amide bonds. The molecule has 4 N–H and O–H groups in total. The molecule has 82 heavy (non-hydrogen) atoms. The molecule has 426 valence electrons. The molecule has 0 aromatic heterocycles. The summed E-state index contributed by atoms with van der Waals surface area (Å²) in [6.45, 7) is 10.4. The van der Waals surface area contributed by atoms with Crippen molar-refractivity contribution in [2.75, 3.05) is 6.54 Å². The van der Waals surface area contributed by atoms with E-state index < -0.39 is 62.5 Å². The molecule has 15 nitrogen and oxygen atoms in total. The van der Waals surface area contributed by atoms with Gasteiger partial charge in [-0.3, -0.25) is 9.59 Å². The fourth-order valence-electron chi connectivity index (χ4n) is 8.94. The molecule has 4 bridgehead atoms. The molecule has 7 aromatic rings. The van der Waals surface area contributed by atoms with E-state index in [1.54, 1.807) is 0 Å². The maximum Gasteiger partial charge on any atom is 0.408 e. The van der Waals surface area contributed by atoms with Crippen LogP contribution in [-0.2, 0) is 78.9 Å². The highest BCUT2D eigenvalue weighted by Crippen LogP contribution is 2.38. The summed E-state index contributed by atoms with van der Waals surface area (Å²) >= 11 is 0. The van der Waals surface area contributed by atoms with Crippen LogP contribution in [0.15, 0.2) is 188 Å². The molecule has 4 atom stereocenters. The minimum Gasteiger partial charge on any atom is -0.489 e. The minimum absolute atomic E-state index is 0.00921. The highest BCUT2D eigenvalue weighted by Gasteiger charge is 2.41. The third-order valence-electron chi connectivity index (χ3n) is 14.5. The number of esters is 1. The quantitative estimate of drug-likeness (QED) is 0.0323. The molecule has 7 aromatic carbocycles. The SMILES string of the molecule is CC(C)(C)[Si](C)(C)O[C@@H](CNC(=O)OCc1ccccc1)C[C@@H]1NC(=O)[C@@H](NC(=O)OCc2ccccc2)Cc2cc(ccc2OCc2ccccc2)-c2ccc(OCc3ccccc3)c(c2)C[C@@H](C(=O)OCc2ccccc2)NC1=O. The third-order valence-corrected chi connectivity index (χ3v) is 19.0. The van der Waals surface area contributed by atoms with Gasteiger partial charge >= 0.3 is 18.2 Å². The first-order valence-electron chi connectivity index (χ1n) is 27.6. The van der Waals surface area contributed by atoms with E-state index in [9.17, 15) is 14.4 Å². The number of hydrogen-bond donors (Lipinski definition) is 4. The number of carbonyl (C=O) groups is 5. The average Bonchev–Trinajstić information content (AvgIpc) is 3.54. The first-order chi connectivity index (χ1) is 39.5. The van der Waals surface area contributed by atoms with Crippen LogP contribution in [0.1, 0.15) is 66.1 Å². The molecule has 0 fully saturated rings. The molecular weight excluding hydrogens is 1050 g/mol. The second-order valence-electron chi connectivity index (χ2n) is 21.8. The summed E-state index contributed by atoms with van der Waals surface area (Å²) in [6.07, 6.45) is -2.95. The number of nitrogens with one attached hydrogen (secondary N) is 4. The lowest BCUT2D eigenvalue weighted by Gasteiger charge is -2.40. The van der Waals surface area contributed by atoms with Gasteiger partial charge in [0.25, 0.3) is 0 Å². The van der Waals surface area contributed by atoms with Crippen molar-refractivity contribution in [3.63, 3.8) is 0 Å². The Kier molecular flexibility index (Phi) is 20.7. The van der Waals surface area contributed by atoms with E-state index in [4.69, 9.17) is 28.1 Å². The highest BCUT2D eigenvalue weighted by atomic mass is 28.4. The molecule has 0 saturated carbocycles. The molecule has 0 aliphatic carbocycles. The number of benzene rings is 7. The van der Waals surface area contributed by atoms with Gasteiger partial charge in [0, 0.05) is 25.8 Å². The summed E-state index contributed by atoms with van der Waals surface area (Å²) in [7, 11) is -2.71. The number of amides is 4. The number of hydrogen-bond acceptors (Lipinski definition) is 11. The van der Waals surface area contributed by atoms with E-state index >= 15 is 9.59 Å². The molecule has 8 rings (SSSR count). The van der Waals surface area contributed by atoms with Crippen molar-refractivity contribution in [1.29, 1.82) is 0 Å². The number of alkyl carbamates (subject to hydrolysis) is 2. The van der Waals surface area contributed by atoms with E-state index in [-0.39, 0.29) is 63.9 Å². The van der Waals surface area contributed by atoms with Crippen molar-refractivity contribution in [2.24, 2.45) is 0 Å². The highest BCUT2D eigenvalue weighted by molar-refractivity contribution is 6.74. The summed E-state index contributed by atoms with van der Waals surface area (Å²) in [4.78, 5) is 72.9. The fraction of sp³-hybridized carbons (Fsp3) is 0.288. The zero-order valence-corrected chi connectivity index (χ0v) is 48.1. The number of fused-ring (bicyclic) bond motifs is 5. The molecule has 0 spiro atoms. The van der Waals surface area contributed by atoms with Gasteiger partial charge in [0.15, 0.2) is 8.32 Å². The standard InChI is InChI=1S/C66H72N4O11Si/c1-66(2,3)82(4,5)81-55(40-67-64(74)79-44-49-27-17-9-18-28-49)39-57-62(72)69-58(63(73)78-43-48-25-15-8-16-26-48)38-54-36-52(32-34-60(54)77-42-47-23-13-7-14-24-47)51-31-33-59(76-41-46-21-11-6-12-22-46)53(35-51)37-56(61(71)68-57)70-65(75)80-45-50-29-19-10-20-30-50/h6-36,55-58H,37-45H2,1-5H3,(H,67,74)(H,68,71)(H,69,72)(H,70,75)/t55-,56+,57+,58+/m1/s1. The Hall–Kier alpha value is -8.73. The monoisotopic (exact) mass is 1120 g/mol. The van der Waals surface area contributed by atoms with E-state index in [1.165, 1.54) is 0 Å². The van der Waals surface area contributed by atoms with Gasteiger partial charge in [-0.05, 0) is 92.5 Å². The molecule has 0 saturated heterocycles. The van der Waals surface area contributed by atoms with Crippen LogP contribution in [0.2, 0.25) is 18.1 Å². The lowest BCUT2D eigenvalue weighted by molar-refractivity contribution is -0.149. The first-order valence-corrected chi connectivity index (χ1v) is 30.5. The van der Waals surface area contributed by atoms with Gasteiger partial charge in [0.1, 0.15) is 62.7 Å². The third kappa shape index (κ3) is 17.6. The van der Waals surface area contributed by atoms with Gasteiger partial charge in [0.2, 0.25) is 11.8 Å². The topological polar surface area (TPSA) is 189 Å². The van der Waals surface area contributed by atoms with Gasteiger partial charge in [0.05, 0.1) is 6.10 Å². The van der Waals surface area contributed by atoms with Crippen LogP contribution in [-0.4, -0.2) is 69.1 Å². The Balaban J connectivity index is 1.22. The van der Waals surface area contributed by atoms with Gasteiger partial charge < -0.3 is 49.4 Å². The van der Waals surface area contributed by atoms with Crippen molar-refractivity contribution in [1.82, 2.24) is 21.3 Å². The van der Waals surface area contributed by atoms with Gasteiger partial charge in [-0.25, -0.2) is 14.4 Å². The van der Waals surface area contributed by atoms with Crippen molar-refractivity contribution >= 4 is 38.3 Å². The second kappa shape index (κ2) is 28.6. The second-order valence-corrected chi connectivity index (χ2v) is 26.5. The molecule has 0 radical (unpaired) electrons. The van der Waals surface area contributed by atoms with Crippen LogP contribution in [0.5, 0.6) is 11.5 Å². The van der Waals surface area contributed by atoms with E-state index in [0.29, 0.717) is 22.6 Å². The van der Waals surface area contributed by atoms with Crippen LogP contribution in [0, 0.1) is 0 Å². The van der Waals surface area contributed by atoms with Crippen LogP contribution in [0.25, 0.3) is 11.1 Å². The van der Waals surface area contributed by atoms with Crippen LogP contribution in [0.3, 0.4) is 0 Å². The van der Waals surface area contributed by atoms with Crippen LogP contribution >= 0.6 is 0 Å². The van der Waals surface area contributed by atoms with Crippen molar-refractivity contribution < 1.29 is 52.1 Å². The predicted molar refractivity (Wildman–Crippen MR) is 316 cm³/mol. The molecular formula is C66H72N4O11Si. The largest absolute Gasteiger partial charge is 0.489 e. The number of ether oxygens (including phenoxy) is 5. The Labute approximate surface area is 481 Å². The molecule has 1 aliphatic heterocycles. The summed E-state index contributed by atoms with van der Waals surface area (Å²) in [5.41, 5.74) is 6.65. The molecule has 16 heteroatoms. The van der Waals surface area contributed by atoms with Gasteiger partial charge in [-0.1, -0.05) is 185 Å². The number of rotatable bonds is 20. The lowest BCUT2D eigenvalue weighted by atomic mass is 9.95. The summed E-state index contributed by atoms with van der Waals surface area (Å²) in [5.74, 6) is -1.35. The van der Waals surface area contributed by atoms with Crippen molar-refractivity contribution in [3.05, 3.63) is 227 Å². The lowest BCUT2D eigenvalue weighted by Crippen LogP contribution is -2.58. The summed E-state index contributed by atoms with van der Waals surface area (Å²) in [5, 5.41) is 11.3. The average molecular weight is 1130 g/mol. The van der Waals surface area contributed by atoms with Gasteiger partial charge in [-0.2, -0.15) is 0 Å². The summed E-state index contributed by atoms with van der Waals surface area (Å²) in [6, 6.07) is 54.0.